The van der Waals surface area contributed by atoms with Crippen LogP contribution in [0.5, 0.6) is 5.75 Å². The molecular weight excluding hydrogens is 210 g/mol. The highest BCUT2D eigenvalue weighted by atomic mass is 16.6. The molecule has 0 aromatic heterocycles. The molecule has 0 aliphatic rings. The molecule has 0 spiro atoms. The maximum Gasteiger partial charge on any atom is 0.310 e. The maximum absolute atomic E-state index is 10.6. The molecule has 0 N–H and O–H groups in total. The lowest BCUT2D eigenvalue weighted by molar-refractivity contribution is -0.385. The number of unbranched alkanes of at least 4 members (excludes halogenated alkanes) is 1. The average molecular weight is 223 g/mol. The highest BCUT2D eigenvalue weighted by Crippen LogP contribution is 2.27. The molecule has 5 heteroatoms. The standard InChI is InChI=1S/C11H13NO4/c1-16-11-8-9(4-2-3-7-13)5-6-10(11)12(14)15/h5-8H,2-4H2,1H3. The van der Waals surface area contributed by atoms with Crippen LogP contribution < -0.4 is 4.74 Å². The van der Waals surface area contributed by atoms with Crippen molar-refractivity contribution < 1.29 is 14.5 Å². The smallest absolute Gasteiger partial charge is 0.310 e. The van der Waals surface area contributed by atoms with E-state index in [0.29, 0.717) is 12.8 Å². The zero-order chi connectivity index (χ0) is 12.0. The topological polar surface area (TPSA) is 69.4 Å². The second-order valence-electron chi connectivity index (χ2n) is 3.32. The van der Waals surface area contributed by atoms with Crippen molar-refractivity contribution in [2.75, 3.05) is 7.11 Å². The van der Waals surface area contributed by atoms with E-state index >= 15 is 0 Å². The Labute approximate surface area is 93.2 Å². The third-order valence-electron chi connectivity index (χ3n) is 2.23. The van der Waals surface area contributed by atoms with Gasteiger partial charge in [0, 0.05) is 12.5 Å². The van der Waals surface area contributed by atoms with Gasteiger partial charge < -0.3 is 9.53 Å². The summed E-state index contributed by atoms with van der Waals surface area (Å²) in [4.78, 5) is 20.3. The van der Waals surface area contributed by atoms with Gasteiger partial charge in [-0.2, -0.15) is 0 Å². The second-order valence-corrected chi connectivity index (χ2v) is 3.32. The van der Waals surface area contributed by atoms with E-state index in [1.54, 1.807) is 12.1 Å². The van der Waals surface area contributed by atoms with Crippen molar-refractivity contribution >= 4 is 12.0 Å². The minimum absolute atomic E-state index is 0.0402. The van der Waals surface area contributed by atoms with Crippen molar-refractivity contribution in [3.63, 3.8) is 0 Å². The van der Waals surface area contributed by atoms with Crippen LogP contribution in [0, 0.1) is 10.1 Å². The first-order chi connectivity index (χ1) is 7.69. The molecule has 0 fully saturated rings. The largest absolute Gasteiger partial charge is 0.490 e. The van der Waals surface area contributed by atoms with Gasteiger partial charge >= 0.3 is 5.69 Å². The molecule has 5 nitrogen and oxygen atoms in total. The van der Waals surface area contributed by atoms with Crippen molar-refractivity contribution in [3.05, 3.63) is 33.9 Å². The van der Waals surface area contributed by atoms with Gasteiger partial charge in [-0.1, -0.05) is 6.07 Å². The van der Waals surface area contributed by atoms with E-state index < -0.39 is 4.92 Å². The number of hydrogen-bond donors (Lipinski definition) is 0. The van der Waals surface area contributed by atoms with E-state index in [1.807, 2.05) is 0 Å². The highest BCUT2D eigenvalue weighted by molar-refractivity contribution is 5.50. The van der Waals surface area contributed by atoms with Crippen molar-refractivity contribution in [2.45, 2.75) is 19.3 Å². The number of rotatable bonds is 6. The molecule has 16 heavy (non-hydrogen) atoms. The summed E-state index contributed by atoms with van der Waals surface area (Å²) in [5.74, 6) is 0.258. The normalized spacial score (nSPS) is 9.81. The van der Waals surface area contributed by atoms with Gasteiger partial charge in [0.05, 0.1) is 12.0 Å². The zero-order valence-corrected chi connectivity index (χ0v) is 9.01. The summed E-state index contributed by atoms with van der Waals surface area (Å²) in [7, 11) is 1.40. The van der Waals surface area contributed by atoms with E-state index in [2.05, 4.69) is 0 Å². The van der Waals surface area contributed by atoms with Gasteiger partial charge in [0.15, 0.2) is 5.75 Å². The molecular formula is C11H13NO4. The fraction of sp³-hybridized carbons (Fsp3) is 0.364. The zero-order valence-electron chi connectivity index (χ0n) is 9.01. The van der Waals surface area contributed by atoms with E-state index in [1.165, 1.54) is 13.2 Å². The van der Waals surface area contributed by atoms with Crippen LogP contribution in [0.25, 0.3) is 0 Å². The van der Waals surface area contributed by atoms with Crippen LogP contribution in [0.4, 0.5) is 5.69 Å². The van der Waals surface area contributed by atoms with Crippen molar-refractivity contribution in [1.82, 2.24) is 0 Å². The Morgan fingerprint density at radius 2 is 2.25 bits per heavy atom. The fourth-order valence-corrected chi connectivity index (χ4v) is 1.42. The Morgan fingerprint density at radius 1 is 1.50 bits per heavy atom. The summed E-state index contributed by atoms with van der Waals surface area (Å²) in [6.07, 6.45) is 2.82. The van der Waals surface area contributed by atoms with Crippen LogP contribution >= 0.6 is 0 Å². The Morgan fingerprint density at radius 3 is 2.81 bits per heavy atom. The van der Waals surface area contributed by atoms with E-state index in [9.17, 15) is 14.9 Å². The van der Waals surface area contributed by atoms with Gasteiger partial charge in [-0.3, -0.25) is 10.1 Å². The molecule has 0 amide bonds. The van der Waals surface area contributed by atoms with Gasteiger partial charge in [-0.15, -0.1) is 0 Å². The number of methoxy groups -OCH3 is 1. The molecule has 0 bridgehead atoms. The number of nitro benzene ring substituents is 1. The Balaban J connectivity index is 2.82. The first-order valence-electron chi connectivity index (χ1n) is 4.94. The molecule has 86 valence electrons. The maximum atomic E-state index is 10.6. The Bertz CT molecular complexity index is 390. The monoisotopic (exact) mass is 223 g/mol. The molecule has 0 aliphatic heterocycles. The second kappa shape index (κ2) is 5.85. The van der Waals surface area contributed by atoms with Crippen LogP contribution in [0.1, 0.15) is 18.4 Å². The summed E-state index contributed by atoms with van der Waals surface area (Å²) in [6, 6.07) is 4.75. The van der Waals surface area contributed by atoms with E-state index in [-0.39, 0.29) is 11.4 Å². The van der Waals surface area contributed by atoms with Crippen LogP contribution in [-0.4, -0.2) is 18.3 Å². The number of carbonyl (C=O) groups excluding carboxylic acids is 1. The van der Waals surface area contributed by atoms with Gasteiger partial charge in [0.1, 0.15) is 6.29 Å². The molecule has 1 aromatic carbocycles. The van der Waals surface area contributed by atoms with Gasteiger partial charge in [0.25, 0.3) is 0 Å². The summed E-state index contributed by atoms with van der Waals surface area (Å²) in [5.41, 5.74) is 0.894. The fourth-order valence-electron chi connectivity index (χ4n) is 1.42. The first-order valence-corrected chi connectivity index (χ1v) is 4.94. The number of nitrogens with zero attached hydrogens (tertiary/aromatic N) is 1. The number of carbonyl (C=O) groups is 1. The molecule has 0 unspecified atom stereocenters. The van der Waals surface area contributed by atoms with E-state index in [4.69, 9.17) is 4.74 Å². The lowest BCUT2D eigenvalue weighted by Gasteiger charge is -2.04. The Kier molecular flexibility index (Phi) is 4.44. The number of aryl methyl sites for hydroxylation is 1. The van der Waals surface area contributed by atoms with Gasteiger partial charge in [0.2, 0.25) is 0 Å². The molecule has 0 heterocycles. The third-order valence-corrected chi connectivity index (χ3v) is 2.23. The van der Waals surface area contributed by atoms with Crippen molar-refractivity contribution in [3.8, 4) is 5.75 Å². The lowest BCUT2D eigenvalue weighted by Crippen LogP contribution is -1.95. The molecule has 0 saturated carbocycles. The quantitative estimate of drug-likeness (QED) is 0.320. The van der Waals surface area contributed by atoms with Crippen molar-refractivity contribution in [2.24, 2.45) is 0 Å². The lowest BCUT2D eigenvalue weighted by atomic mass is 10.1. The summed E-state index contributed by atoms with van der Waals surface area (Å²) >= 11 is 0. The molecule has 0 saturated heterocycles. The number of hydrogen-bond acceptors (Lipinski definition) is 4. The summed E-state index contributed by atoms with van der Waals surface area (Å²) in [5, 5.41) is 10.6. The first kappa shape index (κ1) is 12.2. The Hall–Kier alpha value is -1.91. The number of benzene rings is 1. The van der Waals surface area contributed by atoms with Crippen LogP contribution in [0.15, 0.2) is 18.2 Å². The third kappa shape index (κ3) is 3.05. The number of aldehydes is 1. The van der Waals surface area contributed by atoms with Crippen LogP contribution in [0.3, 0.4) is 0 Å². The van der Waals surface area contributed by atoms with E-state index in [0.717, 1.165) is 18.3 Å². The predicted molar refractivity (Wildman–Crippen MR) is 58.7 cm³/mol. The van der Waals surface area contributed by atoms with Crippen LogP contribution in [-0.2, 0) is 11.2 Å². The van der Waals surface area contributed by atoms with Crippen molar-refractivity contribution in [1.29, 1.82) is 0 Å². The molecule has 1 rings (SSSR count). The van der Waals surface area contributed by atoms with Gasteiger partial charge in [-0.25, -0.2) is 0 Å². The number of ether oxygens (including phenoxy) is 1. The predicted octanol–water partition coefficient (Wildman–Crippen LogP) is 2.12. The minimum atomic E-state index is -0.478. The molecule has 0 atom stereocenters. The SMILES string of the molecule is COc1cc(CCCC=O)ccc1[N+](=O)[O-]. The van der Waals surface area contributed by atoms with Crippen LogP contribution in [0.2, 0.25) is 0 Å². The summed E-state index contributed by atoms with van der Waals surface area (Å²) < 4.78 is 4.94. The molecule has 1 aromatic rings. The summed E-state index contributed by atoms with van der Waals surface area (Å²) in [6.45, 7) is 0. The molecule has 0 aliphatic carbocycles. The highest BCUT2D eigenvalue weighted by Gasteiger charge is 2.14. The average Bonchev–Trinajstić information content (AvgIpc) is 2.29. The minimum Gasteiger partial charge on any atom is -0.490 e. The molecule has 0 radical (unpaired) electrons. The van der Waals surface area contributed by atoms with Gasteiger partial charge in [-0.05, 0) is 24.5 Å². The number of nitro groups is 1.